The maximum absolute atomic E-state index is 11.2. The topological polar surface area (TPSA) is 44.8 Å². The molecule has 0 aromatic heterocycles. The smallest absolute Gasteiger partial charge is 0.335 e. The van der Waals surface area contributed by atoms with Gasteiger partial charge in [0.15, 0.2) is 12.4 Å². The number of ether oxygens (including phenoxy) is 3. The van der Waals surface area contributed by atoms with E-state index in [2.05, 4.69) is 4.74 Å². The van der Waals surface area contributed by atoms with Gasteiger partial charge in [0.2, 0.25) is 0 Å². The van der Waals surface area contributed by atoms with Crippen LogP contribution in [0.2, 0.25) is 0 Å². The van der Waals surface area contributed by atoms with Crippen molar-refractivity contribution in [2.75, 3.05) is 13.7 Å². The van der Waals surface area contributed by atoms with Crippen LogP contribution in [-0.4, -0.2) is 32.1 Å². The Labute approximate surface area is 82.8 Å². The summed E-state index contributed by atoms with van der Waals surface area (Å²) in [6, 6.07) is 0. The second-order valence-corrected chi connectivity index (χ2v) is 3.47. The first kappa shape index (κ1) is 9.68. The normalized spacial score (nSPS) is 31.6. The summed E-state index contributed by atoms with van der Waals surface area (Å²) < 4.78 is 15.5. The predicted octanol–water partition coefficient (Wildman–Crippen LogP) is 1.01. The summed E-state index contributed by atoms with van der Waals surface area (Å²) in [5, 5.41) is 0. The molecule has 1 saturated heterocycles. The standard InChI is InChI=1S/C10H14O4/c1-12-9(11)8-5-4-7-3-2-6-13-10(7)14-8/h4,8,10H,2-3,5-6H2,1H3. The molecule has 2 atom stereocenters. The molecule has 0 aliphatic carbocycles. The minimum Gasteiger partial charge on any atom is -0.467 e. The largest absolute Gasteiger partial charge is 0.467 e. The number of hydrogen-bond acceptors (Lipinski definition) is 4. The fourth-order valence-corrected chi connectivity index (χ4v) is 1.76. The Morgan fingerprint density at radius 1 is 1.64 bits per heavy atom. The van der Waals surface area contributed by atoms with Gasteiger partial charge in [-0.1, -0.05) is 6.08 Å². The summed E-state index contributed by atoms with van der Waals surface area (Å²) in [6.45, 7) is 0.704. The molecule has 2 unspecified atom stereocenters. The summed E-state index contributed by atoms with van der Waals surface area (Å²) in [6.07, 6.45) is 3.87. The highest BCUT2D eigenvalue weighted by atomic mass is 16.7. The summed E-state index contributed by atoms with van der Waals surface area (Å²) in [5.41, 5.74) is 1.16. The fraction of sp³-hybridized carbons (Fsp3) is 0.700. The molecule has 0 radical (unpaired) electrons. The zero-order valence-electron chi connectivity index (χ0n) is 8.19. The molecule has 0 N–H and O–H groups in total. The Bertz CT molecular complexity index is 259. The number of carbonyl (C=O) groups is 1. The van der Waals surface area contributed by atoms with Crippen LogP contribution in [0.15, 0.2) is 11.6 Å². The van der Waals surface area contributed by atoms with Crippen LogP contribution < -0.4 is 0 Å². The Morgan fingerprint density at radius 2 is 2.50 bits per heavy atom. The molecular weight excluding hydrogens is 184 g/mol. The minimum atomic E-state index is -0.494. The van der Waals surface area contributed by atoms with Crippen molar-refractivity contribution < 1.29 is 19.0 Å². The molecule has 78 valence electrons. The van der Waals surface area contributed by atoms with Crippen molar-refractivity contribution >= 4 is 5.97 Å². The average molecular weight is 198 g/mol. The fourth-order valence-electron chi connectivity index (χ4n) is 1.76. The predicted molar refractivity (Wildman–Crippen MR) is 48.6 cm³/mol. The van der Waals surface area contributed by atoms with Gasteiger partial charge in [-0.3, -0.25) is 0 Å². The van der Waals surface area contributed by atoms with Gasteiger partial charge in [-0.15, -0.1) is 0 Å². The lowest BCUT2D eigenvalue weighted by Crippen LogP contribution is -2.37. The maximum Gasteiger partial charge on any atom is 0.335 e. The molecule has 0 aromatic rings. The molecule has 0 bridgehead atoms. The summed E-state index contributed by atoms with van der Waals surface area (Å²) in [4.78, 5) is 11.2. The van der Waals surface area contributed by atoms with E-state index in [1.54, 1.807) is 0 Å². The molecule has 1 fully saturated rings. The lowest BCUT2D eigenvalue weighted by atomic mass is 10.0. The van der Waals surface area contributed by atoms with Crippen molar-refractivity contribution in [1.82, 2.24) is 0 Å². The minimum absolute atomic E-state index is 0.318. The van der Waals surface area contributed by atoms with Gasteiger partial charge >= 0.3 is 5.97 Å². The van der Waals surface area contributed by atoms with Crippen LogP contribution in [0.4, 0.5) is 0 Å². The van der Waals surface area contributed by atoms with E-state index in [1.807, 2.05) is 6.08 Å². The van der Waals surface area contributed by atoms with Crippen molar-refractivity contribution in [2.45, 2.75) is 31.7 Å². The van der Waals surface area contributed by atoms with Crippen molar-refractivity contribution in [2.24, 2.45) is 0 Å². The van der Waals surface area contributed by atoms with E-state index < -0.39 is 6.10 Å². The van der Waals surface area contributed by atoms with Crippen LogP contribution in [0.5, 0.6) is 0 Å². The molecule has 2 rings (SSSR count). The number of esters is 1. The van der Waals surface area contributed by atoms with Crippen LogP contribution in [0.25, 0.3) is 0 Å². The first-order chi connectivity index (χ1) is 6.81. The molecule has 0 aromatic carbocycles. The molecule has 2 aliphatic heterocycles. The molecule has 0 amide bonds. The van der Waals surface area contributed by atoms with E-state index in [1.165, 1.54) is 7.11 Å². The van der Waals surface area contributed by atoms with Crippen LogP contribution in [0, 0.1) is 0 Å². The third kappa shape index (κ3) is 1.81. The quantitative estimate of drug-likeness (QED) is 0.466. The molecular formula is C10H14O4. The number of carbonyl (C=O) groups excluding carboxylic acids is 1. The lowest BCUT2D eigenvalue weighted by molar-refractivity contribution is -0.189. The SMILES string of the molecule is COC(=O)C1CC=C2CCCOC2O1. The molecule has 2 aliphatic rings. The first-order valence-corrected chi connectivity index (χ1v) is 4.85. The van der Waals surface area contributed by atoms with Crippen LogP contribution >= 0.6 is 0 Å². The summed E-state index contributed by atoms with van der Waals surface area (Å²) in [7, 11) is 1.37. The lowest BCUT2D eigenvalue weighted by Gasteiger charge is -2.32. The number of methoxy groups -OCH3 is 1. The number of hydrogen-bond donors (Lipinski definition) is 0. The molecule has 2 heterocycles. The van der Waals surface area contributed by atoms with Crippen LogP contribution in [0.3, 0.4) is 0 Å². The van der Waals surface area contributed by atoms with Crippen molar-refractivity contribution in [1.29, 1.82) is 0 Å². The third-order valence-electron chi connectivity index (χ3n) is 2.53. The molecule has 0 saturated carbocycles. The average Bonchev–Trinajstić information content (AvgIpc) is 2.27. The van der Waals surface area contributed by atoms with Gasteiger partial charge < -0.3 is 14.2 Å². The van der Waals surface area contributed by atoms with Crippen molar-refractivity contribution in [3.8, 4) is 0 Å². The van der Waals surface area contributed by atoms with E-state index in [9.17, 15) is 4.79 Å². The van der Waals surface area contributed by atoms with E-state index in [0.717, 1.165) is 18.4 Å². The van der Waals surface area contributed by atoms with Gasteiger partial charge in [-0.2, -0.15) is 0 Å². The summed E-state index contributed by atoms with van der Waals surface area (Å²) >= 11 is 0. The zero-order chi connectivity index (χ0) is 9.97. The summed E-state index contributed by atoms with van der Waals surface area (Å²) in [5.74, 6) is -0.325. The highest BCUT2D eigenvalue weighted by Crippen LogP contribution is 2.27. The van der Waals surface area contributed by atoms with Gasteiger partial charge in [0.1, 0.15) is 0 Å². The second kappa shape index (κ2) is 4.11. The Balaban J connectivity index is 2.02. The van der Waals surface area contributed by atoms with Gasteiger partial charge in [-0.25, -0.2) is 4.79 Å². The first-order valence-electron chi connectivity index (χ1n) is 4.85. The molecule has 0 spiro atoms. The van der Waals surface area contributed by atoms with Gasteiger partial charge in [0, 0.05) is 6.42 Å². The van der Waals surface area contributed by atoms with E-state index in [0.29, 0.717) is 13.0 Å². The van der Waals surface area contributed by atoms with Crippen molar-refractivity contribution in [3.05, 3.63) is 11.6 Å². The monoisotopic (exact) mass is 198 g/mol. The van der Waals surface area contributed by atoms with Gasteiger partial charge in [0.25, 0.3) is 0 Å². The van der Waals surface area contributed by atoms with E-state index in [-0.39, 0.29) is 12.3 Å². The third-order valence-corrected chi connectivity index (χ3v) is 2.53. The molecule has 4 heteroatoms. The van der Waals surface area contributed by atoms with Crippen LogP contribution in [0.1, 0.15) is 19.3 Å². The van der Waals surface area contributed by atoms with Crippen LogP contribution in [-0.2, 0) is 19.0 Å². The molecule has 4 nitrogen and oxygen atoms in total. The Kier molecular flexibility index (Phi) is 2.84. The van der Waals surface area contributed by atoms with Gasteiger partial charge in [0.05, 0.1) is 13.7 Å². The Hall–Kier alpha value is -0.870. The zero-order valence-corrected chi connectivity index (χ0v) is 8.19. The van der Waals surface area contributed by atoms with E-state index in [4.69, 9.17) is 9.47 Å². The number of fused-ring (bicyclic) bond motifs is 1. The van der Waals surface area contributed by atoms with E-state index >= 15 is 0 Å². The number of rotatable bonds is 1. The maximum atomic E-state index is 11.2. The van der Waals surface area contributed by atoms with Gasteiger partial charge in [-0.05, 0) is 18.4 Å². The highest BCUT2D eigenvalue weighted by Gasteiger charge is 2.31. The van der Waals surface area contributed by atoms with Crippen molar-refractivity contribution in [3.63, 3.8) is 0 Å². The Morgan fingerprint density at radius 3 is 3.29 bits per heavy atom. The highest BCUT2D eigenvalue weighted by molar-refractivity contribution is 5.75. The molecule has 14 heavy (non-hydrogen) atoms. The second-order valence-electron chi connectivity index (χ2n) is 3.47.